The normalized spacial score (nSPS) is 21.5. The minimum atomic E-state index is -0.104. The maximum absolute atomic E-state index is 13.2. The highest BCUT2D eigenvalue weighted by Gasteiger charge is 2.38. The summed E-state index contributed by atoms with van der Waals surface area (Å²) < 4.78 is 4.94. The fourth-order valence-corrected chi connectivity index (χ4v) is 6.48. The van der Waals surface area contributed by atoms with Gasteiger partial charge in [-0.2, -0.15) is 0 Å². The van der Waals surface area contributed by atoms with Crippen molar-refractivity contribution in [1.29, 1.82) is 0 Å². The number of allylic oxidation sites excluding steroid dienone is 2. The fraction of sp³-hybridized carbons (Fsp3) is 0.300. The van der Waals surface area contributed by atoms with Gasteiger partial charge < -0.3 is 4.90 Å². The van der Waals surface area contributed by atoms with Crippen LogP contribution < -0.4 is 19.3 Å². The summed E-state index contributed by atoms with van der Waals surface area (Å²) in [6.45, 7) is 4.87. The summed E-state index contributed by atoms with van der Waals surface area (Å²) in [5, 5.41) is 3.42. The van der Waals surface area contributed by atoms with E-state index in [0.29, 0.717) is 32.4 Å². The summed E-state index contributed by atoms with van der Waals surface area (Å²) in [7, 11) is 3.84. The Labute approximate surface area is 186 Å². The zero-order valence-corrected chi connectivity index (χ0v) is 19.6. The molecular weight excluding hydrogens is 438 g/mol. The molecule has 4 rings (SSSR count). The molecule has 2 aromatic heterocycles. The van der Waals surface area contributed by atoms with Crippen LogP contribution in [0.3, 0.4) is 0 Å². The predicted octanol–water partition coefficient (Wildman–Crippen LogP) is 1.33. The molecule has 0 N–H and O–H groups in total. The maximum atomic E-state index is 13.2. The molecule has 0 unspecified atom stereocenters. The van der Waals surface area contributed by atoms with E-state index < -0.39 is 0 Å². The first-order chi connectivity index (χ1) is 14.5. The van der Waals surface area contributed by atoms with Gasteiger partial charge in [0.25, 0.3) is 16.6 Å². The van der Waals surface area contributed by atoms with Crippen LogP contribution in [0.2, 0.25) is 0 Å². The average Bonchev–Trinajstić information content (AvgIpc) is 3.38. The SMILES string of the molecule is CCN1C(=O)/C(=c2/s/c(=C3/C=CC=CN3C)c(=O)n2CC)S/C1=N\c1scc[n+]1C. The van der Waals surface area contributed by atoms with Crippen molar-refractivity contribution in [3.05, 3.63) is 55.6 Å². The largest absolute Gasteiger partial charge is 0.384 e. The zero-order valence-electron chi connectivity index (χ0n) is 17.2. The number of thioether (sulfide) groups is 1. The zero-order chi connectivity index (χ0) is 21.4. The molecule has 0 spiro atoms. The van der Waals surface area contributed by atoms with Crippen LogP contribution in [0.4, 0.5) is 5.13 Å². The first-order valence-electron chi connectivity index (χ1n) is 9.53. The quantitative estimate of drug-likeness (QED) is 0.649. The molecule has 10 heteroatoms. The van der Waals surface area contributed by atoms with E-state index in [1.54, 1.807) is 9.47 Å². The number of aliphatic imine (C=N–C) groups is 1. The summed E-state index contributed by atoms with van der Waals surface area (Å²) in [5.41, 5.74) is 0.766. The summed E-state index contributed by atoms with van der Waals surface area (Å²) in [6, 6.07) is 0. The van der Waals surface area contributed by atoms with Gasteiger partial charge in [0.15, 0.2) is 0 Å². The first kappa shape index (κ1) is 20.8. The number of amides is 1. The highest BCUT2D eigenvalue weighted by Crippen LogP contribution is 2.33. The molecular formula is C20H22N5O2S3+. The van der Waals surface area contributed by atoms with Gasteiger partial charge in [-0.25, -0.2) is 4.57 Å². The van der Waals surface area contributed by atoms with Gasteiger partial charge in [-0.1, -0.05) is 17.4 Å². The lowest BCUT2D eigenvalue weighted by molar-refractivity contribution is -0.653. The Balaban J connectivity index is 1.94. The molecule has 156 valence electrons. The van der Waals surface area contributed by atoms with E-state index in [0.717, 1.165) is 10.8 Å². The molecule has 2 aliphatic rings. The van der Waals surface area contributed by atoms with Crippen LogP contribution in [-0.2, 0) is 18.4 Å². The van der Waals surface area contributed by atoms with Crippen molar-refractivity contribution in [3.63, 3.8) is 0 Å². The second-order valence-corrected chi connectivity index (χ2v) is 9.50. The molecule has 30 heavy (non-hydrogen) atoms. The number of nitrogens with zero attached hydrogens (tertiary/aromatic N) is 5. The van der Waals surface area contributed by atoms with Crippen molar-refractivity contribution in [2.45, 2.75) is 20.4 Å². The van der Waals surface area contributed by atoms with Crippen LogP contribution in [0, 0.1) is 0 Å². The van der Waals surface area contributed by atoms with Gasteiger partial charge in [0.1, 0.15) is 20.3 Å². The Hall–Kier alpha value is -2.43. The molecule has 0 saturated carbocycles. The van der Waals surface area contributed by atoms with E-state index in [1.165, 1.54) is 34.4 Å². The Morgan fingerprint density at radius 3 is 2.60 bits per heavy atom. The van der Waals surface area contributed by atoms with Gasteiger partial charge in [-0.05, 0) is 42.8 Å². The predicted molar refractivity (Wildman–Crippen MR) is 124 cm³/mol. The Morgan fingerprint density at radius 2 is 1.97 bits per heavy atom. The van der Waals surface area contributed by atoms with Crippen LogP contribution in [0.25, 0.3) is 10.6 Å². The second kappa shape index (κ2) is 8.37. The minimum absolute atomic E-state index is 0.0710. The highest BCUT2D eigenvalue weighted by molar-refractivity contribution is 8.23. The van der Waals surface area contributed by atoms with Crippen molar-refractivity contribution in [1.82, 2.24) is 14.4 Å². The molecule has 1 amide bonds. The number of hydrogen-bond acceptors (Lipinski definition) is 7. The highest BCUT2D eigenvalue weighted by atomic mass is 32.2. The van der Waals surface area contributed by atoms with Crippen LogP contribution >= 0.6 is 34.4 Å². The molecule has 7 nitrogen and oxygen atoms in total. The number of rotatable bonds is 3. The molecule has 0 aliphatic carbocycles. The number of aryl methyl sites for hydroxylation is 1. The third kappa shape index (κ3) is 3.48. The molecule has 2 aliphatic heterocycles. The number of likely N-dealkylation sites (N-methyl/N-ethyl adjacent to an activating group) is 1. The standard InChI is InChI=1S/C20H22N5O2S3/c1-5-24-16(26)14(13-9-7-8-10-22(13)3)29-18(24)15-17(27)25(6-2)20(30-15)21-19-23(4)11-12-28-19/h7-12H,5-6H2,1-4H3/q+1/b14-13-,18-15-. The second-order valence-electron chi connectivity index (χ2n) is 6.65. The topological polar surface area (TPSA) is 61.8 Å². The van der Waals surface area contributed by atoms with E-state index in [1.807, 2.05) is 73.4 Å². The lowest BCUT2D eigenvalue weighted by Crippen LogP contribution is -2.35. The Bertz CT molecular complexity index is 1280. The Morgan fingerprint density at radius 1 is 1.17 bits per heavy atom. The lowest BCUT2D eigenvalue weighted by atomic mass is 10.3. The Kier molecular flexibility index (Phi) is 5.81. The summed E-state index contributed by atoms with van der Waals surface area (Å²) in [4.78, 5) is 35.2. The molecule has 2 aromatic rings. The van der Waals surface area contributed by atoms with E-state index >= 15 is 0 Å². The molecule has 0 atom stereocenters. The van der Waals surface area contributed by atoms with Crippen molar-refractivity contribution in [2.24, 2.45) is 12.0 Å². The van der Waals surface area contributed by atoms with Crippen molar-refractivity contribution >= 4 is 61.2 Å². The van der Waals surface area contributed by atoms with Gasteiger partial charge in [0, 0.05) is 31.7 Å². The van der Waals surface area contributed by atoms with E-state index in [-0.39, 0.29) is 11.5 Å². The third-order valence-corrected chi connectivity index (χ3v) is 8.06. The van der Waals surface area contributed by atoms with Gasteiger partial charge in [0.2, 0.25) is 0 Å². The smallest absolute Gasteiger partial charge is 0.350 e. The monoisotopic (exact) mass is 460 g/mol. The molecule has 1 saturated heterocycles. The van der Waals surface area contributed by atoms with Gasteiger partial charge in [0.05, 0.1) is 12.7 Å². The van der Waals surface area contributed by atoms with Gasteiger partial charge >= 0.3 is 5.13 Å². The molecule has 0 radical (unpaired) electrons. The van der Waals surface area contributed by atoms with Crippen molar-refractivity contribution in [2.75, 3.05) is 13.6 Å². The lowest BCUT2D eigenvalue weighted by Gasteiger charge is -2.16. The average molecular weight is 461 g/mol. The maximum Gasteiger partial charge on any atom is 0.384 e. The van der Waals surface area contributed by atoms with E-state index in [2.05, 4.69) is 0 Å². The van der Waals surface area contributed by atoms with Gasteiger partial charge in [-0.3, -0.25) is 19.1 Å². The summed E-state index contributed by atoms with van der Waals surface area (Å²) >= 11 is 4.23. The number of amidine groups is 1. The van der Waals surface area contributed by atoms with Crippen molar-refractivity contribution in [3.8, 4) is 0 Å². The first-order valence-corrected chi connectivity index (χ1v) is 12.0. The number of hydrogen-bond donors (Lipinski definition) is 0. The summed E-state index contributed by atoms with van der Waals surface area (Å²) in [5.74, 6) is -0.104. The van der Waals surface area contributed by atoms with Crippen LogP contribution in [-0.4, -0.2) is 39.0 Å². The van der Waals surface area contributed by atoms with Gasteiger partial charge in [-0.15, -0.1) is 11.3 Å². The fourth-order valence-electron chi connectivity index (χ4n) is 3.20. The third-order valence-electron chi connectivity index (χ3n) is 4.81. The van der Waals surface area contributed by atoms with Crippen LogP contribution in [0.1, 0.15) is 13.8 Å². The van der Waals surface area contributed by atoms with Crippen LogP contribution in [0.5, 0.6) is 0 Å². The molecule has 1 fully saturated rings. The summed E-state index contributed by atoms with van der Waals surface area (Å²) in [6.07, 6.45) is 9.61. The van der Waals surface area contributed by atoms with Crippen molar-refractivity contribution < 1.29 is 9.36 Å². The molecule has 0 bridgehead atoms. The minimum Gasteiger partial charge on any atom is -0.350 e. The number of thiazole rings is 2. The number of carbonyl (C=O) groups excluding carboxylic acids is 1. The molecule has 0 aromatic carbocycles. The number of carbonyl (C=O) groups is 1. The van der Waals surface area contributed by atoms with Crippen LogP contribution in [0.15, 0.2) is 45.8 Å². The van der Waals surface area contributed by atoms with E-state index in [9.17, 15) is 9.59 Å². The van der Waals surface area contributed by atoms with E-state index in [4.69, 9.17) is 4.99 Å². The molecule has 4 heterocycles. The number of aromatic nitrogens is 2.